The summed E-state index contributed by atoms with van der Waals surface area (Å²) in [4.78, 5) is 10.2. The zero-order valence-corrected chi connectivity index (χ0v) is 7.50. The molecule has 0 aliphatic carbocycles. The van der Waals surface area contributed by atoms with E-state index in [1.54, 1.807) is 0 Å². The Morgan fingerprint density at radius 1 is 1.43 bits per heavy atom. The fraction of sp³-hybridized carbons (Fsp3) is 0.857. The average Bonchev–Trinajstić information content (AvgIpc) is 2.01. The molecule has 0 saturated carbocycles. The van der Waals surface area contributed by atoms with E-state index in [4.69, 9.17) is 5.11 Å². The van der Waals surface area contributed by atoms with Crippen molar-refractivity contribution in [2.45, 2.75) is 19.2 Å². The van der Waals surface area contributed by atoms with Crippen LogP contribution < -0.4 is 0 Å². The standard InChI is InChI=1S/C7H11F3O4/c1-5(6(11)12)14-3-2-13-4-7(8,9)10/h5H,2-4H2,1H3,(H,11,12)/t5-/m1/s1. The molecular weight excluding hydrogens is 205 g/mol. The predicted molar refractivity (Wildman–Crippen MR) is 39.9 cm³/mol. The first-order valence-corrected chi connectivity index (χ1v) is 3.82. The first-order valence-electron chi connectivity index (χ1n) is 3.82. The molecular formula is C7H11F3O4. The van der Waals surface area contributed by atoms with Gasteiger partial charge in [0.2, 0.25) is 0 Å². The zero-order valence-electron chi connectivity index (χ0n) is 7.50. The molecule has 0 aromatic heterocycles. The molecule has 0 rings (SSSR count). The van der Waals surface area contributed by atoms with Crippen LogP contribution in [0.2, 0.25) is 0 Å². The second kappa shape index (κ2) is 5.82. The van der Waals surface area contributed by atoms with Gasteiger partial charge in [-0.3, -0.25) is 0 Å². The highest BCUT2D eigenvalue weighted by Crippen LogP contribution is 2.14. The monoisotopic (exact) mass is 216 g/mol. The summed E-state index contributed by atoms with van der Waals surface area (Å²) in [5, 5.41) is 8.32. The van der Waals surface area contributed by atoms with Crippen LogP contribution in [0, 0.1) is 0 Å². The molecule has 0 amide bonds. The first-order chi connectivity index (χ1) is 6.33. The number of hydrogen-bond donors (Lipinski definition) is 1. The Morgan fingerprint density at radius 3 is 2.43 bits per heavy atom. The summed E-state index contributed by atoms with van der Waals surface area (Å²) < 4.78 is 43.3. The van der Waals surface area contributed by atoms with E-state index in [1.807, 2.05) is 0 Å². The predicted octanol–water partition coefficient (Wildman–Crippen LogP) is 1.05. The van der Waals surface area contributed by atoms with Gasteiger partial charge >= 0.3 is 12.1 Å². The highest BCUT2D eigenvalue weighted by molar-refractivity contribution is 5.71. The van der Waals surface area contributed by atoms with Crippen LogP contribution in [0.15, 0.2) is 0 Å². The molecule has 0 aliphatic heterocycles. The molecule has 7 heteroatoms. The van der Waals surface area contributed by atoms with Crippen molar-refractivity contribution in [1.82, 2.24) is 0 Å². The Morgan fingerprint density at radius 2 is 2.00 bits per heavy atom. The van der Waals surface area contributed by atoms with Crippen molar-refractivity contribution in [2.24, 2.45) is 0 Å². The van der Waals surface area contributed by atoms with Gasteiger partial charge in [-0.2, -0.15) is 13.2 Å². The van der Waals surface area contributed by atoms with E-state index in [-0.39, 0.29) is 13.2 Å². The van der Waals surface area contributed by atoms with Crippen LogP contribution in [0.1, 0.15) is 6.92 Å². The van der Waals surface area contributed by atoms with Crippen molar-refractivity contribution in [2.75, 3.05) is 19.8 Å². The van der Waals surface area contributed by atoms with Gasteiger partial charge in [0.25, 0.3) is 0 Å². The maximum atomic E-state index is 11.5. The van der Waals surface area contributed by atoms with E-state index in [9.17, 15) is 18.0 Å². The fourth-order valence-corrected chi connectivity index (χ4v) is 0.543. The third kappa shape index (κ3) is 7.81. The number of carboxylic acid groups (broad SMARTS) is 1. The van der Waals surface area contributed by atoms with Gasteiger partial charge in [-0.1, -0.05) is 0 Å². The molecule has 0 radical (unpaired) electrons. The lowest BCUT2D eigenvalue weighted by Gasteiger charge is -2.09. The van der Waals surface area contributed by atoms with Crippen LogP contribution in [0.25, 0.3) is 0 Å². The van der Waals surface area contributed by atoms with Crippen LogP contribution in [0.5, 0.6) is 0 Å². The van der Waals surface area contributed by atoms with Crippen LogP contribution in [0.4, 0.5) is 13.2 Å². The first kappa shape index (κ1) is 13.2. The Balaban J connectivity index is 3.35. The molecule has 0 spiro atoms. The van der Waals surface area contributed by atoms with Gasteiger partial charge < -0.3 is 14.6 Å². The molecule has 0 bridgehead atoms. The third-order valence-electron chi connectivity index (χ3n) is 1.21. The summed E-state index contributed by atoms with van der Waals surface area (Å²) in [7, 11) is 0. The minimum atomic E-state index is -4.36. The van der Waals surface area contributed by atoms with Crippen LogP contribution in [0.3, 0.4) is 0 Å². The Bertz CT molecular complexity index is 180. The van der Waals surface area contributed by atoms with E-state index >= 15 is 0 Å². The maximum Gasteiger partial charge on any atom is 0.411 e. The number of ether oxygens (including phenoxy) is 2. The minimum Gasteiger partial charge on any atom is -0.479 e. The van der Waals surface area contributed by atoms with E-state index in [0.29, 0.717) is 0 Å². The van der Waals surface area contributed by atoms with Gasteiger partial charge in [-0.25, -0.2) is 4.79 Å². The van der Waals surface area contributed by atoms with Crippen molar-refractivity contribution in [3.05, 3.63) is 0 Å². The van der Waals surface area contributed by atoms with Crippen molar-refractivity contribution < 1.29 is 32.5 Å². The lowest BCUT2D eigenvalue weighted by atomic mass is 10.4. The number of carbonyl (C=O) groups is 1. The van der Waals surface area contributed by atoms with E-state index in [0.717, 1.165) is 0 Å². The lowest BCUT2D eigenvalue weighted by Crippen LogP contribution is -2.23. The molecule has 0 fully saturated rings. The topological polar surface area (TPSA) is 55.8 Å². The molecule has 0 heterocycles. The SMILES string of the molecule is C[C@@H](OCCOCC(F)(F)F)C(=O)O. The third-order valence-corrected chi connectivity index (χ3v) is 1.21. The summed E-state index contributed by atoms with van der Waals surface area (Å²) in [6, 6.07) is 0. The quantitative estimate of drug-likeness (QED) is 0.674. The lowest BCUT2D eigenvalue weighted by molar-refractivity contribution is -0.178. The van der Waals surface area contributed by atoms with Crippen molar-refractivity contribution in [3.63, 3.8) is 0 Å². The largest absolute Gasteiger partial charge is 0.479 e. The van der Waals surface area contributed by atoms with Crippen molar-refractivity contribution in [1.29, 1.82) is 0 Å². The summed E-state index contributed by atoms with van der Waals surface area (Å²) in [6.07, 6.45) is -5.40. The molecule has 0 aliphatic rings. The van der Waals surface area contributed by atoms with Crippen molar-refractivity contribution in [3.8, 4) is 0 Å². The number of carboxylic acids is 1. The van der Waals surface area contributed by atoms with Gasteiger partial charge in [0.05, 0.1) is 13.2 Å². The maximum absolute atomic E-state index is 11.5. The molecule has 0 saturated heterocycles. The number of rotatable bonds is 6. The van der Waals surface area contributed by atoms with E-state index in [1.165, 1.54) is 6.92 Å². The smallest absolute Gasteiger partial charge is 0.411 e. The van der Waals surface area contributed by atoms with E-state index in [2.05, 4.69) is 9.47 Å². The number of alkyl halides is 3. The average molecular weight is 216 g/mol. The molecule has 1 atom stereocenters. The van der Waals surface area contributed by atoms with Crippen LogP contribution >= 0.6 is 0 Å². The zero-order chi connectivity index (χ0) is 11.2. The van der Waals surface area contributed by atoms with Crippen LogP contribution in [-0.2, 0) is 14.3 Å². The van der Waals surface area contributed by atoms with Gasteiger partial charge in [-0.15, -0.1) is 0 Å². The summed E-state index contributed by atoms with van der Waals surface area (Å²) in [5.74, 6) is -1.17. The number of hydrogen-bond acceptors (Lipinski definition) is 3. The Kier molecular flexibility index (Phi) is 5.47. The highest BCUT2D eigenvalue weighted by Gasteiger charge is 2.27. The van der Waals surface area contributed by atoms with E-state index < -0.39 is 24.9 Å². The Hall–Kier alpha value is -0.820. The second-order valence-electron chi connectivity index (χ2n) is 2.52. The van der Waals surface area contributed by atoms with Gasteiger partial charge in [0, 0.05) is 0 Å². The number of aliphatic carboxylic acids is 1. The van der Waals surface area contributed by atoms with Crippen molar-refractivity contribution >= 4 is 5.97 Å². The second-order valence-corrected chi connectivity index (χ2v) is 2.52. The highest BCUT2D eigenvalue weighted by atomic mass is 19.4. The van der Waals surface area contributed by atoms with Gasteiger partial charge in [-0.05, 0) is 6.92 Å². The molecule has 14 heavy (non-hydrogen) atoms. The molecule has 84 valence electrons. The Labute approximate surface area is 78.6 Å². The summed E-state index contributed by atoms with van der Waals surface area (Å²) in [6.45, 7) is -0.523. The molecule has 0 unspecified atom stereocenters. The summed E-state index contributed by atoms with van der Waals surface area (Å²) >= 11 is 0. The minimum absolute atomic E-state index is 0.177. The summed E-state index contributed by atoms with van der Waals surface area (Å²) in [5.41, 5.74) is 0. The molecule has 0 aromatic carbocycles. The van der Waals surface area contributed by atoms with Gasteiger partial charge in [0.1, 0.15) is 6.61 Å². The normalized spacial score (nSPS) is 14.0. The molecule has 4 nitrogen and oxygen atoms in total. The molecule has 1 N–H and O–H groups in total. The van der Waals surface area contributed by atoms with Gasteiger partial charge in [0.15, 0.2) is 6.10 Å². The van der Waals surface area contributed by atoms with Crippen LogP contribution in [-0.4, -0.2) is 43.2 Å². The molecule has 0 aromatic rings. The number of halogens is 3. The fourth-order valence-electron chi connectivity index (χ4n) is 0.543.